The number of amidine groups is 1. The van der Waals surface area contributed by atoms with E-state index in [-0.39, 0.29) is 5.60 Å². The fourth-order valence-electron chi connectivity index (χ4n) is 4.41. The fourth-order valence-corrected chi connectivity index (χ4v) is 5.31. The van der Waals surface area contributed by atoms with Crippen LogP contribution in [0.4, 0.5) is 5.69 Å². The van der Waals surface area contributed by atoms with Crippen LogP contribution >= 0.6 is 11.3 Å². The summed E-state index contributed by atoms with van der Waals surface area (Å²) in [7, 11) is 0. The highest BCUT2D eigenvalue weighted by atomic mass is 32.1. The highest BCUT2D eigenvalue weighted by Crippen LogP contribution is 2.43. The van der Waals surface area contributed by atoms with Crippen LogP contribution in [-0.4, -0.2) is 36.0 Å². The van der Waals surface area contributed by atoms with Crippen molar-refractivity contribution in [2.24, 2.45) is 11.1 Å². The molecule has 4 aliphatic heterocycles. The first kappa shape index (κ1) is 13.8. The van der Waals surface area contributed by atoms with Crippen molar-refractivity contribution in [3.05, 3.63) is 29.1 Å². The quantitative estimate of drug-likeness (QED) is 0.865. The number of benzene rings is 1. The maximum absolute atomic E-state index is 5.98. The zero-order valence-electron chi connectivity index (χ0n) is 13.3. The van der Waals surface area contributed by atoms with Crippen LogP contribution in [0.5, 0.6) is 0 Å². The Morgan fingerprint density at radius 3 is 2.96 bits per heavy atom. The van der Waals surface area contributed by atoms with E-state index in [9.17, 15) is 0 Å². The van der Waals surface area contributed by atoms with Gasteiger partial charge in [-0.2, -0.15) is 0 Å². The molecule has 0 aliphatic carbocycles. The molecule has 3 fully saturated rings. The van der Waals surface area contributed by atoms with Crippen LogP contribution in [0.2, 0.25) is 0 Å². The number of nitrogens with zero attached hydrogens (tertiary/aromatic N) is 2. The number of rotatable bonds is 1. The molecule has 1 aromatic carbocycles. The summed E-state index contributed by atoms with van der Waals surface area (Å²) in [6.07, 6.45) is 3.42. The average Bonchev–Trinajstić information content (AvgIpc) is 3.11. The first-order valence-electron chi connectivity index (χ1n) is 8.45. The molecule has 6 rings (SSSR count). The lowest BCUT2D eigenvalue weighted by atomic mass is 9.73. The number of piperidine rings is 3. The van der Waals surface area contributed by atoms with Crippen molar-refractivity contribution in [3.8, 4) is 0 Å². The van der Waals surface area contributed by atoms with Crippen molar-refractivity contribution in [1.82, 2.24) is 4.90 Å². The summed E-state index contributed by atoms with van der Waals surface area (Å²) in [5.41, 5.74) is 1.04. The van der Waals surface area contributed by atoms with Crippen LogP contribution in [0.25, 0.3) is 10.1 Å². The van der Waals surface area contributed by atoms with Crippen LogP contribution in [0.15, 0.2) is 29.4 Å². The SMILES string of the molecule is Cc1cc2cc(NC3=NO[C@@]4(C3)CN3CCC4CC3)ccc2s1. The van der Waals surface area contributed by atoms with Gasteiger partial charge in [-0.1, -0.05) is 5.16 Å². The van der Waals surface area contributed by atoms with Crippen LogP contribution in [0, 0.1) is 12.8 Å². The molecule has 0 unspecified atom stereocenters. The van der Waals surface area contributed by atoms with Gasteiger partial charge >= 0.3 is 0 Å². The minimum Gasteiger partial charge on any atom is -0.386 e. The molecule has 23 heavy (non-hydrogen) atoms. The van der Waals surface area contributed by atoms with Crippen LogP contribution < -0.4 is 5.32 Å². The van der Waals surface area contributed by atoms with Gasteiger partial charge in [-0.15, -0.1) is 11.3 Å². The number of anilines is 1. The first-order chi connectivity index (χ1) is 11.2. The highest BCUT2D eigenvalue weighted by molar-refractivity contribution is 7.19. The van der Waals surface area contributed by atoms with E-state index in [4.69, 9.17) is 4.84 Å². The zero-order chi connectivity index (χ0) is 15.4. The molecule has 1 N–H and O–H groups in total. The molecule has 2 bridgehead atoms. The summed E-state index contributed by atoms with van der Waals surface area (Å²) in [5.74, 6) is 1.64. The largest absolute Gasteiger partial charge is 0.386 e. The number of hydrogen-bond donors (Lipinski definition) is 1. The number of oxime groups is 1. The second kappa shape index (κ2) is 4.95. The molecule has 0 saturated carbocycles. The molecule has 4 nitrogen and oxygen atoms in total. The van der Waals surface area contributed by atoms with E-state index >= 15 is 0 Å². The van der Waals surface area contributed by atoms with Crippen molar-refractivity contribution in [2.75, 3.05) is 25.0 Å². The molecule has 1 aromatic heterocycles. The molecule has 0 amide bonds. The summed E-state index contributed by atoms with van der Waals surface area (Å²) in [5, 5.41) is 9.18. The number of fused-ring (bicyclic) bond motifs is 3. The van der Waals surface area contributed by atoms with Crippen LogP contribution in [0.3, 0.4) is 0 Å². The van der Waals surface area contributed by atoms with Crippen molar-refractivity contribution < 1.29 is 4.84 Å². The normalized spacial score (nSPS) is 32.3. The molecule has 1 atom stereocenters. The van der Waals surface area contributed by atoms with Crippen LogP contribution in [0.1, 0.15) is 24.1 Å². The number of aryl methyl sites for hydroxylation is 1. The predicted octanol–water partition coefficient (Wildman–Crippen LogP) is 3.82. The third-order valence-electron chi connectivity index (χ3n) is 5.56. The van der Waals surface area contributed by atoms with Crippen LogP contribution in [-0.2, 0) is 4.84 Å². The molecule has 5 heteroatoms. The Bertz CT molecular complexity index is 791. The second-order valence-corrected chi connectivity index (χ2v) is 8.44. The molecular weight excluding hydrogens is 306 g/mol. The summed E-state index contributed by atoms with van der Waals surface area (Å²) in [6, 6.07) is 8.79. The van der Waals surface area contributed by atoms with Gasteiger partial charge in [0.1, 0.15) is 0 Å². The third kappa shape index (κ3) is 2.25. The Hall–Kier alpha value is -1.59. The lowest BCUT2D eigenvalue weighted by molar-refractivity contribution is -0.136. The van der Waals surface area contributed by atoms with E-state index in [0.717, 1.165) is 24.5 Å². The fraction of sp³-hybridized carbons (Fsp3) is 0.500. The minimum atomic E-state index is -0.0676. The average molecular weight is 327 g/mol. The Kier molecular flexibility index (Phi) is 2.97. The second-order valence-electron chi connectivity index (χ2n) is 7.16. The summed E-state index contributed by atoms with van der Waals surface area (Å²) in [6.45, 7) is 5.65. The van der Waals surface area contributed by atoms with Gasteiger partial charge in [0.05, 0.1) is 6.42 Å². The Balaban J connectivity index is 1.35. The maximum Gasteiger partial charge on any atom is 0.160 e. The summed E-state index contributed by atoms with van der Waals surface area (Å²) >= 11 is 1.84. The van der Waals surface area contributed by atoms with E-state index in [1.165, 1.54) is 40.9 Å². The number of hydrogen-bond acceptors (Lipinski definition) is 5. The van der Waals surface area contributed by atoms with Gasteiger partial charge in [0.2, 0.25) is 0 Å². The minimum absolute atomic E-state index is 0.0676. The molecule has 3 saturated heterocycles. The first-order valence-corrected chi connectivity index (χ1v) is 9.26. The van der Waals surface area contributed by atoms with Gasteiger partial charge in [0, 0.05) is 27.7 Å². The topological polar surface area (TPSA) is 36.9 Å². The van der Waals surface area contributed by atoms with Crippen molar-refractivity contribution in [3.63, 3.8) is 0 Å². The van der Waals surface area contributed by atoms with Gasteiger partial charge in [-0.3, -0.25) is 4.90 Å². The molecule has 1 spiro atoms. The van der Waals surface area contributed by atoms with E-state index in [1.54, 1.807) is 0 Å². The molecule has 5 heterocycles. The van der Waals surface area contributed by atoms with Crippen molar-refractivity contribution >= 4 is 32.9 Å². The highest BCUT2D eigenvalue weighted by Gasteiger charge is 2.52. The van der Waals surface area contributed by atoms with E-state index in [0.29, 0.717) is 5.92 Å². The molecule has 2 aromatic rings. The number of nitrogens with one attached hydrogen (secondary N) is 1. The molecule has 0 radical (unpaired) electrons. The van der Waals surface area contributed by atoms with E-state index < -0.39 is 0 Å². The number of thiophene rings is 1. The van der Waals surface area contributed by atoms with Gasteiger partial charge in [0.25, 0.3) is 0 Å². The standard InChI is InChI=1S/C18H21N3OS/c1-12-8-13-9-15(2-3-16(13)23-12)19-17-10-18(22-20-17)11-21-6-4-14(18)5-7-21/h2-3,8-9,14H,4-7,10-11H2,1H3,(H,19,20)/t18-/m0/s1. The third-order valence-corrected chi connectivity index (χ3v) is 6.59. The summed E-state index contributed by atoms with van der Waals surface area (Å²) < 4.78 is 1.34. The molecule has 4 aliphatic rings. The van der Waals surface area contributed by atoms with Crippen molar-refractivity contribution in [2.45, 2.75) is 31.8 Å². The Morgan fingerprint density at radius 2 is 2.17 bits per heavy atom. The zero-order valence-corrected chi connectivity index (χ0v) is 14.2. The van der Waals surface area contributed by atoms with E-state index in [2.05, 4.69) is 46.6 Å². The Morgan fingerprint density at radius 1 is 1.30 bits per heavy atom. The monoisotopic (exact) mass is 327 g/mol. The van der Waals surface area contributed by atoms with Gasteiger partial charge < -0.3 is 10.2 Å². The van der Waals surface area contributed by atoms with Gasteiger partial charge in [0.15, 0.2) is 11.4 Å². The predicted molar refractivity (Wildman–Crippen MR) is 95.2 cm³/mol. The molecular formula is C18H21N3OS. The lowest BCUT2D eigenvalue weighted by Gasteiger charge is -2.49. The van der Waals surface area contributed by atoms with Crippen molar-refractivity contribution in [1.29, 1.82) is 0 Å². The smallest absolute Gasteiger partial charge is 0.160 e. The van der Waals surface area contributed by atoms with Gasteiger partial charge in [-0.25, -0.2) is 0 Å². The molecule has 120 valence electrons. The van der Waals surface area contributed by atoms with Gasteiger partial charge in [-0.05, 0) is 62.5 Å². The Labute approximate surface area is 140 Å². The summed E-state index contributed by atoms with van der Waals surface area (Å²) in [4.78, 5) is 9.86. The van der Waals surface area contributed by atoms with E-state index in [1.807, 2.05) is 11.3 Å². The lowest BCUT2D eigenvalue weighted by Crippen LogP contribution is -2.59. The maximum atomic E-state index is 5.98.